The fourth-order valence-electron chi connectivity index (χ4n) is 3.51. The zero-order chi connectivity index (χ0) is 20.7. The van der Waals surface area contributed by atoms with Gasteiger partial charge in [0.2, 0.25) is 11.1 Å². The van der Waals surface area contributed by atoms with E-state index in [9.17, 15) is 9.18 Å². The summed E-state index contributed by atoms with van der Waals surface area (Å²) >= 11 is 7.10. The summed E-state index contributed by atoms with van der Waals surface area (Å²) in [6.07, 6.45) is 0.246. The molecule has 148 valence electrons. The van der Waals surface area contributed by atoms with Crippen LogP contribution in [0.5, 0.6) is 0 Å². The maximum Gasteiger partial charge on any atom is 0.225 e. The Labute approximate surface area is 180 Å². The van der Waals surface area contributed by atoms with E-state index in [1.165, 1.54) is 30.0 Å². The second kappa shape index (κ2) is 7.66. The van der Waals surface area contributed by atoms with Crippen molar-refractivity contribution in [1.29, 1.82) is 0 Å². The van der Waals surface area contributed by atoms with Crippen LogP contribution in [0, 0.1) is 5.82 Å². The van der Waals surface area contributed by atoms with E-state index in [4.69, 9.17) is 16.6 Å². The van der Waals surface area contributed by atoms with E-state index in [1.54, 1.807) is 0 Å². The Morgan fingerprint density at radius 1 is 1.03 bits per heavy atom. The highest BCUT2D eigenvalue weighted by atomic mass is 35.5. The van der Waals surface area contributed by atoms with Crippen molar-refractivity contribution in [2.24, 2.45) is 0 Å². The summed E-state index contributed by atoms with van der Waals surface area (Å²) < 4.78 is 13.2. The van der Waals surface area contributed by atoms with Gasteiger partial charge in [-0.05, 0) is 23.6 Å². The lowest BCUT2D eigenvalue weighted by molar-refractivity contribution is -0.115. The molecule has 1 aromatic heterocycles. The number of benzene rings is 3. The molecule has 1 N–H and O–H groups in total. The van der Waals surface area contributed by atoms with E-state index in [2.05, 4.69) is 27.6 Å². The molecule has 1 amide bonds. The third-order valence-corrected chi connectivity index (χ3v) is 5.97. The maximum atomic E-state index is 13.2. The minimum Gasteiger partial charge on any atom is -0.326 e. The van der Waals surface area contributed by atoms with Gasteiger partial charge in [0.05, 0.1) is 5.02 Å². The Balaban J connectivity index is 1.27. The van der Waals surface area contributed by atoms with Crippen LogP contribution >= 0.6 is 23.4 Å². The van der Waals surface area contributed by atoms with Crippen LogP contribution in [-0.4, -0.2) is 26.8 Å². The first-order chi connectivity index (χ1) is 14.6. The molecule has 30 heavy (non-hydrogen) atoms. The monoisotopic (exact) mass is 436 g/mol. The molecule has 0 fully saturated rings. The predicted octanol–water partition coefficient (Wildman–Crippen LogP) is 5.59. The van der Waals surface area contributed by atoms with Crippen molar-refractivity contribution in [3.05, 3.63) is 65.4 Å². The molecule has 4 aromatic rings. The summed E-state index contributed by atoms with van der Waals surface area (Å²) in [5.74, 6) is -0.237. The van der Waals surface area contributed by atoms with Crippen LogP contribution in [0.2, 0.25) is 5.02 Å². The van der Waals surface area contributed by atoms with Gasteiger partial charge < -0.3 is 5.32 Å². The molecule has 1 aliphatic rings. The van der Waals surface area contributed by atoms with Crippen LogP contribution in [0.3, 0.4) is 0 Å². The fourth-order valence-corrected chi connectivity index (χ4v) is 4.41. The number of thioether (sulfide) groups is 1. The van der Waals surface area contributed by atoms with Gasteiger partial charge in [-0.25, -0.2) is 9.37 Å². The zero-order valence-electron chi connectivity index (χ0n) is 15.5. The number of fused-ring (bicyclic) bond motifs is 3. The molecular weight excluding hydrogens is 423 g/mol. The third kappa shape index (κ3) is 3.40. The summed E-state index contributed by atoms with van der Waals surface area (Å²) in [7, 11) is 0. The number of halogens is 2. The number of nitrogens with zero attached hydrogens (tertiary/aromatic N) is 3. The molecule has 1 heterocycles. The van der Waals surface area contributed by atoms with Gasteiger partial charge in [0.15, 0.2) is 0 Å². The summed E-state index contributed by atoms with van der Waals surface area (Å²) in [5, 5.41) is 14.1. The topological polar surface area (TPSA) is 67.8 Å². The number of nitrogens with one attached hydrogen (secondary N) is 1. The van der Waals surface area contributed by atoms with E-state index < -0.39 is 5.82 Å². The molecule has 5 nitrogen and oxygen atoms in total. The van der Waals surface area contributed by atoms with Crippen molar-refractivity contribution in [3.63, 3.8) is 0 Å². The fraction of sp³-hybridized carbons (Fsp3) is 0.0909. The first-order valence-electron chi connectivity index (χ1n) is 9.25. The number of carbonyl (C=O) groups excluding carboxylic acids is 1. The number of hydrogen-bond acceptors (Lipinski definition) is 5. The number of carbonyl (C=O) groups is 1. The van der Waals surface area contributed by atoms with Crippen molar-refractivity contribution < 1.29 is 9.18 Å². The quantitative estimate of drug-likeness (QED) is 0.364. The molecule has 0 atom stereocenters. The van der Waals surface area contributed by atoms with Gasteiger partial charge in [0.1, 0.15) is 17.2 Å². The number of anilines is 1. The van der Waals surface area contributed by atoms with E-state index >= 15 is 0 Å². The lowest BCUT2D eigenvalue weighted by atomic mass is 10.0. The highest BCUT2D eigenvalue weighted by molar-refractivity contribution is 7.99. The number of amides is 1. The SMILES string of the molecule is O=C(CCSc1nnc2c(n1)-c1cccc3cccc-2c13)Nc1ccc(F)c(Cl)c1. The standard InChI is InChI=1S/C22H14ClFN4OS/c23-16-11-13(7-8-17(16)24)25-18(29)9-10-30-22-26-20-14-5-1-3-12-4-2-6-15(19(12)14)21(20)27-28-22/h1-8,11H,9-10H2,(H,25,29). The second-order valence-electron chi connectivity index (χ2n) is 6.78. The van der Waals surface area contributed by atoms with E-state index in [1.807, 2.05) is 24.3 Å². The van der Waals surface area contributed by atoms with Gasteiger partial charge in [-0.15, -0.1) is 10.2 Å². The van der Waals surface area contributed by atoms with E-state index in [0.29, 0.717) is 16.6 Å². The van der Waals surface area contributed by atoms with E-state index in [-0.39, 0.29) is 17.4 Å². The molecule has 0 saturated heterocycles. The van der Waals surface area contributed by atoms with Gasteiger partial charge in [-0.3, -0.25) is 4.79 Å². The summed E-state index contributed by atoms with van der Waals surface area (Å²) in [5.41, 5.74) is 4.17. The van der Waals surface area contributed by atoms with Crippen LogP contribution in [0.1, 0.15) is 6.42 Å². The van der Waals surface area contributed by atoms with Crippen molar-refractivity contribution >= 4 is 45.7 Å². The van der Waals surface area contributed by atoms with Gasteiger partial charge in [-0.2, -0.15) is 0 Å². The molecule has 1 aliphatic carbocycles. The average molecular weight is 437 g/mol. The highest BCUT2D eigenvalue weighted by Crippen LogP contribution is 2.44. The Kier molecular flexibility index (Phi) is 4.84. The van der Waals surface area contributed by atoms with Crippen LogP contribution < -0.4 is 5.32 Å². The van der Waals surface area contributed by atoms with Crippen LogP contribution in [0.4, 0.5) is 10.1 Å². The van der Waals surface area contributed by atoms with Gasteiger partial charge >= 0.3 is 0 Å². The molecule has 5 rings (SSSR count). The molecule has 3 aromatic carbocycles. The Morgan fingerprint density at radius 2 is 1.80 bits per heavy atom. The van der Waals surface area contributed by atoms with Crippen molar-refractivity contribution in [2.75, 3.05) is 11.1 Å². The minimum atomic E-state index is -0.524. The Morgan fingerprint density at radius 3 is 2.57 bits per heavy atom. The zero-order valence-corrected chi connectivity index (χ0v) is 17.1. The largest absolute Gasteiger partial charge is 0.326 e. The first kappa shape index (κ1) is 19.0. The van der Waals surface area contributed by atoms with Gasteiger partial charge in [0.25, 0.3) is 0 Å². The summed E-state index contributed by atoms with van der Waals surface area (Å²) in [4.78, 5) is 16.8. The van der Waals surface area contributed by atoms with Crippen molar-refractivity contribution in [2.45, 2.75) is 11.6 Å². The Hall–Kier alpha value is -3.03. The molecule has 0 spiro atoms. The van der Waals surface area contributed by atoms with Crippen LogP contribution in [0.25, 0.3) is 33.3 Å². The van der Waals surface area contributed by atoms with Gasteiger partial charge in [0, 0.05) is 34.4 Å². The van der Waals surface area contributed by atoms with Crippen molar-refractivity contribution in [3.8, 4) is 22.5 Å². The smallest absolute Gasteiger partial charge is 0.225 e. The van der Waals surface area contributed by atoms with Crippen molar-refractivity contribution in [1.82, 2.24) is 15.2 Å². The van der Waals surface area contributed by atoms with E-state index in [0.717, 1.165) is 33.3 Å². The molecule has 0 unspecified atom stereocenters. The maximum absolute atomic E-state index is 13.2. The third-order valence-electron chi connectivity index (χ3n) is 4.85. The van der Waals surface area contributed by atoms with Crippen LogP contribution in [0.15, 0.2) is 59.8 Å². The lowest BCUT2D eigenvalue weighted by Crippen LogP contribution is -2.12. The second-order valence-corrected chi connectivity index (χ2v) is 8.25. The molecule has 0 bridgehead atoms. The Bertz CT molecular complexity index is 1310. The average Bonchev–Trinajstić information content (AvgIpc) is 3.06. The first-order valence-corrected chi connectivity index (χ1v) is 10.6. The predicted molar refractivity (Wildman–Crippen MR) is 117 cm³/mol. The number of aromatic nitrogens is 3. The number of rotatable bonds is 5. The molecule has 0 aliphatic heterocycles. The van der Waals surface area contributed by atoms with Crippen LogP contribution in [-0.2, 0) is 4.79 Å². The minimum absolute atomic E-state index is 0.0317. The molecular formula is C22H14ClFN4OS. The highest BCUT2D eigenvalue weighted by Gasteiger charge is 2.24. The molecule has 0 radical (unpaired) electrons. The lowest BCUT2D eigenvalue weighted by Gasteiger charge is -2.06. The normalized spacial score (nSPS) is 11.5. The molecule has 8 heteroatoms. The molecule has 0 saturated carbocycles. The number of hydrogen-bond donors (Lipinski definition) is 1. The summed E-state index contributed by atoms with van der Waals surface area (Å²) in [6, 6.07) is 16.3. The summed E-state index contributed by atoms with van der Waals surface area (Å²) in [6.45, 7) is 0. The van der Waals surface area contributed by atoms with Gasteiger partial charge in [-0.1, -0.05) is 59.8 Å².